The molecule has 3 N–H and O–H groups in total. The first-order valence-electron chi connectivity index (χ1n) is 6.45. The van der Waals surface area contributed by atoms with Crippen LogP contribution in [0.1, 0.15) is 11.1 Å². The standard InChI is InChI=1S/C15H12ClF3N2O2/c16-11-4-5-13(22)9(6-11)8-20-14(23)21-12-3-1-2-10(7-12)15(17,18)19/h1-7,22H,8H2,(H2,20,21,23). The molecule has 2 amide bonds. The molecule has 0 bridgehead atoms. The van der Waals surface area contributed by atoms with Gasteiger partial charge in [0.15, 0.2) is 0 Å². The number of hydrogen-bond donors (Lipinski definition) is 3. The highest BCUT2D eigenvalue weighted by molar-refractivity contribution is 6.30. The topological polar surface area (TPSA) is 61.4 Å². The number of urea groups is 1. The largest absolute Gasteiger partial charge is 0.508 e. The van der Waals surface area contributed by atoms with Gasteiger partial charge in [0.2, 0.25) is 0 Å². The molecule has 0 aliphatic carbocycles. The quantitative estimate of drug-likeness (QED) is 0.773. The van der Waals surface area contributed by atoms with Gasteiger partial charge in [-0.05, 0) is 36.4 Å². The second kappa shape index (κ2) is 6.78. The molecule has 0 aromatic heterocycles. The molecule has 0 spiro atoms. The number of aromatic hydroxyl groups is 1. The van der Waals surface area contributed by atoms with Crippen LogP contribution < -0.4 is 10.6 Å². The summed E-state index contributed by atoms with van der Waals surface area (Å²) in [6, 6.07) is 7.91. The van der Waals surface area contributed by atoms with Crippen LogP contribution in [-0.4, -0.2) is 11.1 Å². The number of alkyl halides is 3. The van der Waals surface area contributed by atoms with Crippen molar-refractivity contribution in [3.8, 4) is 5.75 Å². The smallest absolute Gasteiger partial charge is 0.416 e. The molecule has 2 rings (SSSR count). The number of anilines is 1. The van der Waals surface area contributed by atoms with E-state index in [1.54, 1.807) is 0 Å². The molecule has 0 heterocycles. The molecular weight excluding hydrogens is 333 g/mol. The zero-order chi connectivity index (χ0) is 17.0. The number of benzene rings is 2. The average Bonchev–Trinajstić information content (AvgIpc) is 2.47. The lowest BCUT2D eigenvalue weighted by atomic mass is 10.2. The summed E-state index contributed by atoms with van der Waals surface area (Å²) < 4.78 is 37.8. The summed E-state index contributed by atoms with van der Waals surface area (Å²) in [4.78, 5) is 11.7. The molecule has 4 nitrogen and oxygen atoms in total. The van der Waals surface area contributed by atoms with Gasteiger partial charge in [0, 0.05) is 22.8 Å². The summed E-state index contributed by atoms with van der Waals surface area (Å²) in [6.45, 7) is -0.0306. The fraction of sp³-hybridized carbons (Fsp3) is 0.133. The summed E-state index contributed by atoms with van der Waals surface area (Å²) in [5.41, 5.74) is -0.466. The zero-order valence-corrected chi connectivity index (χ0v) is 12.4. The van der Waals surface area contributed by atoms with Crippen LogP contribution in [0, 0.1) is 0 Å². The van der Waals surface area contributed by atoms with Crippen LogP contribution in [-0.2, 0) is 12.7 Å². The molecular formula is C15H12ClF3N2O2. The molecule has 0 aliphatic rings. The molecule has 0 saturated carbocycles. The predicted octanol–water partition coefficient (Wildman–Crippen LogP) is 4.39. The SMILES string of the molecule is O=C(NCc1cc(Cl)ccc1O)Nc1cccc(C(F)(F)F)c1. The maximum Gasteiger partial charge on any atom is 0.416 e. The van der Waals surface area contributed by atoms with Gasteiger partial charge in [-0.3, -0.25) is 0 Å². The average molecular weight is 345 g/mol. The van der Waals surface area contributed by atoms with Crippen LogP contribution in [0.25, 0.3) is 0 Å². The molecule has 0 saturated heterocycles. The first-order chi connectivity index (χ1) is 10.8. The van der Waals surface area contributed by atoms with Crippen LogP contribution >= 0.6 is 11.6 Å². The Morgan fingerprint density at radius 3 is 2.61 bits per heavy atom. The first-order valence-corrected chi connectivity index (χ1v) is 6.83. The van der Waals surface area contributed by atoms with E-state index in [9.17, 15) is 23.1 Å². The lowest BCUT2D eigenvalue weighted by Crippen LogP contribution is -2.28. The number of halogens is 4. The predicted molar refractivity (Wildman–Crippen MR) is 80.4 cm³/mol. The molecule has 23 heavy (non-hydrogen) atoms. The Hall–Kier alpha value is -2.41. The molecule has 8 heteroatoms. The third-order valence-electron chi connectivity index (χ3n) is 2.93. The van der Waals surface area contributed by atoms with Crippen molar-refractivity contribution in [1.29, 1.82) is 0 Å². The van der Waals surface area contributed by atoms with Crippen molar-refractivity contribution in [2.75, 3.05) is 5.32 Å². The lowest BCUT2D eigenvalue weighted by molar-refractivity contribution is -0.137. The monoisotopic (exact) mass is 344 g/mol. The van der Waals surface area contributed by atoms with E-state index in [2.05, 4.69) is 10.6 Å². The Bertz CT molecular complexity index is 720. The molecule has 122 valence electrons. The van der Waals surface area contributed by atoms with E-state index in [0.29, 0.717) is 10.6 Å². The van der Waals surface area contributed by atoms with E-state index in [-0.39, 0.29) is 18.0 Å². The van der Waals surface area contributed by atoms with Crippen molar-refractivity contribution in [2.24, 2.45) is 0 Å². The Labute approximate surface area is 134 Å². The maximum atomic E-state index is 12.6. The van der Waals surface area contributed by atoms with Crippen molar-refractivity contribution in [1.82, 2.24) is 5.32 Å². The number of nitrogens with one attached hydrogen (secondary N) is 2. The minimum absolute atomic E-state index is 0.00708. The van der Waals surface area contributed by atoms with Crippen molar-refractivity contribution in [3.63, 3.8) is 0 Å². The van der Waals surface area contributed by atoms with E-state index in [4.69, 9.17) is 11.6 Å². The molecule has 0 atom stereocenters. The molecule has 0 aliphatic heterocycles. The minimum atomic E-state index is -4.49. The number of phenols is 1. The van der Waals surface area contributed by atoms with E-state index in [0.717, 1.165) is 12.1 Å². The normalized spacial score (nSPS) is 11.1. The third-order valence-corrected chi connectivity index (χ3v) is 3.16. The highest BCUT2D eigenvalue weighted by atomic mass is 35.5. The van der Waals surface area contributed by atoms with Gasteiger partial charge in [0.05, 0.1) is 5.56 Å². The van der Waals surface area contributed by atoms with E-state index < -0.39 is 17.8 Å². The van der Waals surface area contributed by atoms with E-state index in [1.165, 1.54) is 30.3 Å². The summed E-state index contributed by atoms with van der Waals surface area (Å²) in [5, 5.41) is 14.7. The van der Waals surface area contributed by atoms with Gasteiger partial charge in [-0.25, -0.2) is 4.79 Å². The molecule has 2 aromatic rings. The minimum Gasteiger partial charge on any atom is -0.508 e. The summed E-state index contributed by atoms with van der Waals surface area (Å²) in [6.07, 6.45) is -4.49. The van der Waals surface area contributed by atoms with Gasteiger partial charge in [-0.1, -0.05) is 17.7 Å². The molecule has 0 radical (unpaired) electrons. The van der Waals surface area contributed by atoms with Crippen LogP contribution in [0.5, 0.6) is 5.75 Å². The van der Waals surface area contributed by atoms with Crippen molar-refractivity contribution < 1.29 is 23.1 Å². The number of rotatable bonds is 3. The van der Waals surface area contributed by atoms with Crippen LogP contribution in [0.15, 0.2) is 42.5 Å². The summed E-state index contributed by atoms with van der Waals surface area (Å²) >= 11 is 5.78. The fourth-order valence-electron chi connectivity index (χ4n) is 1.82. The van der Waals surface area contributed by atoms with Crippen molar-refractivity contribution in [2.45, 2.75) is 12.7 Å². The Morgan fingerprint density at radius 2 is 1.91 bits per heavy atom. The number of amides is 2. The molecule has 2 aromatic carbocycles. The highest BCUT2D eigenvalue weighted by Crippen LogP contribution is 2.30. The maximum absolute atomic E-state index is 12.6. The van der Waals surface area contributed by atoms with Crippen molar-refractivity contribution in [3.05, 3.63) is 58.6 Å². The van der Waals surface area contributed by atoms with Crippen molar-refractivity contribution >= 4 is 23.3 Å². The molecule has 0 unspecified atom stereocenters. The van der Waals surface area contributed by atoms with E-state index in [1.807, 2.05) is 0 Å². The number of hydrogen-bond acceptors (Lipinski definition) is 2. The Balaban J connectivity index is 1.99. The zero-order valence-electron chi connectivity index (χ0n) is 11.6. The van der Waals surface area contributed by atoms with Crippen LogP contribution in [0.2, 0.25) is 5.02 Å². The van der Waals surface area contributed by atoms with Crippen LogP contribution in [0.3, 0.4) is 0 Å². The Morgan fingerprint density at radius 1 is 1.17 bits per heavy atom. The lowest BCUT2D eigenvalue weighted by Gasteiger charge is -2.11. The Kier molecular flexibility index (Phi) is 5.00. The summed E-state index contributed by atoms with van der Waals surface area (Å²) in [7, 11) is 0. The van der Waals surface area contributed by atoms with Gasteiger partial charge >= 0.3 is 12.2 Å². The second-order valence-corrected chi connectivity index (χ2v) is 5.10. The second-order valence-electron chi connectivity index (χ2n) is 4.66. The number of carbonyl (C=O) groups is 1. The summed E-state index contributed by atoms with van der Waals surface area (Å²) in [5.74, 6) is -0.0474. The number of phenolic OH excluding ortho intramolecular Hbond substituents is 1. The third kappa shape index (κ3) is 4.79. The van der Waals surface area contributed by atoms with E-state index >= 15 is 0 Å². The van der Waals surface area contributed by atoms with Gasteiger partial charge < -0.3 is 15.7 Å². The first kappa shape index (κ1) is 17.0. The molecule has 0 fully saturated rings. The van der Waals surface area contributed by atoms with Gasteiger partial charge in [-0.15, -0.1) is 0 Å². The van der Waals surface area contributed by atoms with Gasteiger partial charge in [0.25, 0.3) is 0 Å². The van der Waals surface area contributed by atoms with Gasteiger partial charge in [0.1, 0.15) is 5.75 Å². The highest BCUT2D eigenvalue weighted by Gasteiger charge is 2.30. The fourth-order valence-corrected chi connectivity index (χ4v) is 2.01. The van der Waals surface area contributed by atoms with Gasteiger partial charge in [-0.2, -0.15) is 13.2 Å². The number of carbonyl (C=O) groups excluding carboxylic acids is 1. The van der Waals surface area contributed by atoms with Crippen LogP contribution in [0.4, 0.5) is 23.7 Å².